The fourth-order valence-corrected chi connectivity index (χ4v) is 2.74. The first kappa shape index (κ1) is 19.8. The van der Waals surface area contributed by atoms with Gasteiger partial charge >= 0.3 is 0 Å². The predicted molar refractivity (Wildman–Crippen MR) is 104 cm³/mol. The smallest absolute Gasteiger partial charge is 0.240 e. The van der Waals surface area contributed by atoms with Crippen LogP contribution < -0.4 is 15.0 Å². The molecule has 0 aliphatic heterocycles. The maximum absolute atomic E-state index is 12.4. The van der Waals surface area contributed by atoms with E-state index in [4.69, 9.17) is 16.3 Å². The largest absolute Gasteiger partial charge is 0.495 e. The summed E-state index contributed by atoms with van der Waals surface area (Å²) in [6.45, 7) is 5.55. The molecule has 0 atom stereocenters. The minimum Gasteiger partial charge on any atom is -0.495 e. The molecule has 0 aliphatic carbocycles. The Morgan fingerprint density at radius 1 is 1.15 bits per heavy atom. The Kier molecular flexibility index (Phi) is 6.64. The van der Waals surface area contributed by atoms with Gasteiger partial charge in [0.15, 0.2) is 0 Å². The first-order valence-corrected chi connectivity index (χ1v) is 8.64. The molecule has 138 valence electrons. The lowest BCUT2D eigenvalue weighted by Crippen LogP contribution is -2.39. The van der Waals surface area contributed by atoms with Crippen molar-refractivity contribution in [1.82, 2.24) is 5.32 Å². The Morgan fingerprint density at radius 2 is 1.85 bits per heavy atom. The number of rotatable bonds is 6. The van der Waals surface area contributed by atoms with E-state index in [0.29, 0.717) is 23.0 Å². The molecular weight excluding hydrogens is 352 g/mol. The van der Waals surface area contributed by atoms with Gasteiger partial charge in [-0.2, -0.15) is 0 Å². The number of hydrogen-bond acceptors (Lipinski definition) is 3. The normalized spacial score (nSPS) is 10.3. The number of benzene rings is 2. The van der Waals surface area contributed by atoms with Crippen LogP contribution in [-0.2, 0) is 16.1 Å². The summed E-state index contributed by atoms with van der Waals surface area (Å²) in [6.07, 6.45) is 0. The van der Waals surface area contributed by atoms with Crippen LogP contribution in [-0.4, -0.2) is 25.5 Å². The van der Waals surface area contributed by atoms with E-state index in [0.717, 1.165) is 16.7 Å². The van der Waals surface area contributed by atoms with Crippen LogP contribution in [0, 0.1) is 13.8 Å². The van der Waals surface area contributed by atoms with E-state index >= 15 is 0 Å². The molecule has 0 spiro atoms. The third kappa shape index (κ3) is 4.76. The van der Waals surface area contributed by atoms with Crippen molar-refractivity contribution in [2.75, 3.05) is 18.6 Å². The standard InChI is InChI=1S/C20H23ClN2O3/c1-13-7-5-6-8-16(13)11-22-20(25)12-23(15(3)24)18-9-14(2)17(21)10-19(18)26-4/h5-10H,11-12H2,1-4H3,(H,22,25). The molecule has 1 N–H and O–H groups in total. The molecule has 0 fully saturated rings. The molecule has 2 aromatic rings. The van der Waals surface area contributed by atoms with Gasteiger partial charge < -0.3 is 10.1 Å². The summed E-state index contributed by atoms with van der Waals surface area (Å²) in [4.78, 5) is 25.9. The van der Waals surface area contributed by atoms with Crippen LogP contribution in [0.2, 0.25) is 5.02 Å². The third-order valence-electron chi connectivity index (χ3n) is 4.17. The summed E-state index contributed by atoms with van der Waals surface area (Å²) in [5.74, 6) is -0.0586. The van der Waals surface area contributed by atoms with Gasteiger partial charge in [-0.05, 0) is 36.6 Å². The number of carbonyl (C=O) groups excluding carboxylic acids is 2. The molecule has 5 nitrogen and oxygen atoms in total. The number of anilines is 1. The van der Waals surface area contributed by atoms with Gasteiger partial charge in [0.25, 0.3) is 0 Å². The average Bonchev–Trinajstić information content (AvgIpc) is 2.60. The van der Waals surface area contributed by atoms with Crippen LogP contribution in [0.25, 0.3) is 0 Å². The van der Waals surface area contributed by atoms with Crippen LogP contribution in [0.3, 0.4) is 0 Å². The predicted octanol–water partition coefficient (Wildman–Crippen LogP) is 3.63. The van der Waals surface area contributed by atoms with Crippen LogP contribution in [0.5, 0.6) is 5.75 Å². The van der Waals surface area contributed by atoms with Gasteiger partial charge in [0, 0.05) is 24.6 Å². The van der Waals surface area contributed by atoms with Gasteiger partial charge in [-0.3, -0.25) is 14.5 Å². The molecule has 26 heavy (non-hydrogen) atoms. The number of amides is 2. The van der Waals surface area contributed by atoms with Gasteiger partial charge in [0.05, 0.1) is 12.8 Å². The molecule has 0 saturated carbocycles. The quantitative estimate of drug-likeness (QED) is 0.839. The van der Waals surface area contributed by atoms with Crippen molar-refractivity contribution >= 4 is 29.1 Å². The summed E-state index contributed by atoms with van der Waals surface area (Å²) in [5.41, 5.74) is 3.46. The first-order valence-electron chi connectivity index (χ1n) is 8.27. The third-order valence-corrected chi connectivity index (χ3v) is 4.58. The molecule has 2 rings (SSSR count). The minimum absolute atomic E-state index is 0.0986. The Labute approximate surface area is 158 Å². The molecule has 0 heterocycles. The number of methoxy groups -OCH3 is 1. The average molecular weight is 375 g/mol. The highest BCUT2D eigenvalue weighted by Crippen LogP contribution is 2.33. The van der Waals surface area contributed by atoms with Crippen molar-refractivity contribution in [1.29, 1.82) is 0 Å². The van der Waals surface area contributed by atoms with Gasteiger partial charge in [-0.15, -0.1) is 0 Å². The van der Waals surface area contributed by atoms with Crippen LogP contribution in [0.1, 0.15) is 23.6 Å². The Bertz CT molecular complexity index is 821. The molecule has 0 aliphatic rings. The highest BCUT2D eigenvalue weighted by Gasteiger charge is 2.20. The number of halogens is 1. The van der Waals surface area contributed by atoms with Gasteiger partial charge in [0.1, 0.15) is 12.3 Å². The van der Waals surface area contributed by atoms with E-state index in [1.54, 1.807) is 12.1 Å². The van der Waals surface area contributed by atoms with E-state index in [9.17, 15) is 9.59 Å². The number of nitrogens with zero attached hydrogens (tertiary/aromatic N) is 1. The van der Waals surface area contributed by atoms with Crippen LogP contribution in [0.15, 0.2) is 36.4 Å². The zero-order chi connectivity index (χ0) is 19.3. The highest BCUT2D eigenvalue weighted by atomic mass is 35.5. The molecule has 0 radical (unpaired) electrons. The van der Waals surface area contributed by atoms with Crippen molar-refractivity contribution in [3.63, 3.8) is 0 Å². The van der Waals surface area contributed by atoms with Gasteiger partial charge in [0.2, 0.25) is 11.8 Å². The number of nitrogens with one attached hydrogen (secondary N) is 1. The number of carbonyl (C=O) groups is 2. The maximum atomic E-state index is 12.4. The molecule has 2 aromatic carbocycles. The number of ether oxygens (including phenoxy) is 1. The van der Waals surface area contributed by atoms with Crippen molar-refractivity contribution < 1.29 is 14.3 Å². The topological polar surface area (TPSA) is 58.6 Å². The van der Waals surface area contributed by atoms with E-state index < -0.39 is 0 Å². The fourth-order valence-electron chi connectivity index (χ4n) is 2.59. The number of hydrogen-bond donors (Lipinski definition) is 1. The fraction of sp³-hybridized carbons (Fsp3) is 0.300. The van der Waals surface area contributed by atoms with E-state index in [1.807, 2.05) is 38.1 Å². The number of aryl methyl sites for hydroxylation is 2. The lowest BCUT2D eigenvalue weighted by Gasteiger charge is -2.23. The van der Waals surface area contributed by atoms with Gasteiger partial charge in [-0.1, -0.05) is 35.9 Å². The summed E-state index contributed by atoms with van der Waals surface area (Å²) in [6, 6.07) is 11.2. The molecule has 0 saturated heterocycles. The Morgan fingerprint density at radius 3 is 2.46 bits per heavy atom. The van der Waals surface area contributed by atoms with Crippen molar-refractivity contribution in [3.8, 4) is 5.75 Å². The van der Waals surface area contributed by atoms with E-state index in [2.05, 4.69) is 5.32 Å². The molecule has 6 heteroatoms. The lowest BCUT2D eigenvalue weighted by molar-refractivity contribution is -0.123. The second-order valence-electron chi connectivity index (χ2n) is 6.08. The van der Waals surface area contributed by atoms with Crippen molar-refractivity contribution in [2.24, 2.45) is 0 Å². The SMILES string of the molecule is COc1cc(Cl)c(C)cc1N(CC(=O)NCc1ccccc1C)C(C)=O. The van der Waals surface area contributed by atoms with Gasteiger partial charge in [-0.25, -0.2) is 0 Å². The second-order valence-corrected chi connectivity index (χ2v) is 6.49. The lowest BCUT2D eigenvalue weighted by atomic mass is 10.1. The summed E-state index contributed by atoms with van der Waals surface area (Å²) in [7, 11) is 1.50. The molecule has 0 aromatic heterocycles. The van der Waals surface area contributed by atoms with Crippen molar-refractivity contribution in [3.05, 3.63) is 58.1 Å². The highest BCUT2D eigenvalue weighted by molar-refractivity contribution is 6.31. The molecule has 0 bridgehead atoms. The monoisotopic (exact) mass is 374 g/mol. The maximum Gasteiger partial charge on any atom is 0.240 e. The van der Waals surface area contributed by atoms with Crippen LogP contribution >= 0.6 is 11.6 Å². The Balaban J connectivity index is 2.16. The minimum atomic E-state index is -0.254. The summed E-state index contributed by atoms with van der Waals surface area (Å²) >= 11 is 6.12. The Hall–Kier alpha value is -2.53. The summed E-state index contributed by atoms with van der Waals surface area (Å²) in [5, 5.41) is 3.40. The van der Waals surface area contributed by atoms with Crippen molar-refractivity contribution in [2.45, 2.75) is 27.3 Å². The zero-order valence-electron chi connectivity index (χ0n) is 15.4. The zero-order valence-corrected chi connectivity index (χ0v) is 16.2. The van der Waals surface area contributed by atoms with E-state index in [-0.39, 0.29) is 18.4 Å². The molecular formula is C20H23ClN2O3. The summed E-state index contributed by atoms with van der Waals surface area (Å²) < 4.78 is 5.33. The second kappa shape index (κ2) is 8.72. The van der Waals surface area contributed by atoms with E-state index in [1.165, 1.54) is 18.9 Å². The molecule has 2 amide bonds. The first-order chi connectivity index (χ1) is 12.3. The molecule has 0 unspecified atom stereocenters. The van der Waals surface area contributed by atoms with Crippen LogP contribution in [0.4, 0.5) is 5.69 Å².